The number of fused-ring (bicyclic) bond motifs is 1. The van der Waals surface area contributed by atoms with E-state index in [0.29, 0.717) is 12.5 Å². The van der Waals surface area contributed by atoms with Gasteiger partial charge in [0.25, 0.3) is 0 Å². The molecule has 0 amide bonds. The molecule has 2 unspecified atom stereocenters. The first kappa shape index (κ1) is 12.7. The molecule has 2 aliphatic rings. The molecule has 3 heterocycles. The fraction of sp³-hybridized carbons (Fsp3) is 0.714. The number of hydrogen-bond donors (Lipinski definition) is 2. The van der Waals surface area contributed by atoms with Crippen LogP contribution in [0.5, 0.6) is 0 Å². The SMILES string of the molecule is O=C(O)C1CCCn2cc(CC3CCCCN3)nc21. The maximum atomic E-state index is 11.3. The number of rotatable bonds is 3. The van der Waals surface area contributed by atoms with E-state index in [1.807, 2.05) is 4.57 Å². The van der Waals surface area contributed by atoms with Crippen molar-refractivity contribution in [3.8, 4) is 0 Å². The summed E-state index contributed by atoms with van der Waals surface area (Å²) in [6.07, 6.45) is 8.37. The van der Waals surface area contributed by atoms with Crippen molar-refractivity contribution in [1.29, 1.82) is 0 Å². The molecule has 2 N–H and O–H groups in total. The van der Waals surface area contributed by atoms with Gasteiger partial charge in [-0.15, -0.1) is 0 Å². The van der Waals surface area contributed by atoms with Gasteiger partial charge in [-0.3, -0.25) is 4.79 Å². The van der Waals surface area contributed by atoms with Crippen LogP contribution in [0.1, 0.15) is 49.5 Å². The summed E-state index contributed by atoms with van der Waals surface area (Å²) < 4.78 is 2.04. The molecule has 0 bridgehead atoms. The smallest absolute Gasteiger partial charge is 0.314 e. The number of carboxylic acid groups (broad SMARTS) is 1. The molecule has 1 fully saturated rings. The Kier molecular flexibility index (Phi) is 3.55. The van der Waals surface area contributed by atoms with Crippen molar-refractivity contribution in [2.45, 2.75) is 57.0 Å². The Morgan fingerprint density at radius 2 is 2.32 bits per heavy atom. The average Bonchev–Trinajstić information content (AvgIpc) is 2.81. The van der Waals surface area contributed by atoms with Crippen LogP contribution >= 0.6 is 0 Å². The first-order valence-electron chi connectivity index (χ1n) is 7.26. The highest BCUT2D eigenvalue weighted by atomic mass is 16.4. The van der Waals surface area contributed by atoms with Crippen molar-refractivity contribution in [3.63, 3.8) is 0 Å². The van der Waals surface area contributed by atoms with Gasteiger partial charge in [0.1, 0.15) is 11.7 Å². The fourth-order valence-electron chi connectivity index (χ4n) is 3.22. The van der Waals surface area contributed by atoms with E-state index in [4.69, 9.17) is 0 Å². The van der Waals surface area contributed by atoms with E-state index < -0.39 is 11.9 Å². The molecule has 2 aliphatic heterocycles. The maximum Gasteiger partial charge on any atom is 0.314 e. The van der Waals surface area contributed by atoms with Crippen molar-refractivity contribution >= 4 is 5.97 Å². The zero-order valence-electron chi connectivity index (χ0n) is 11.1. The third kappa shape index (κ3) is 2.66. The summed E-state index contributed by atoms with van der Waals surface area (Å²) in [5, 5.41) is 12.8. The standard InChI is InChI=1S/C14H21N3O2/c18-14(19)12-5-3-7-17-9-11(16-13(12)17)8-10-4-1-2-6-15-10/h9-10,12,15H,1-8H2,(H,18,19). The van der Waals surface area contributed by atoms with Crippen LogP contribution in [0.15, 0.2) is 6.20 Å². The highest BCUT2D eigenvalue weighted by molar-refractivity contribution is 5.75. The maximum absolute atomic E-state index is 11.3. The Labute approximate surface area is 113 Å². The molecule has 0 spiro atoms. The van der Waals surface area contributed by atoms with Gasteiger partial charge in [-0.1, -0.05) is 6.42 Å². The molecule has 0 radical (unpaired) electrons. The van der Waals surface area contributed by atoms with Crippen molar-refractivity contribution < 1.29 is 9.90 Å². The lowest BCUT2D eigenvalue weighted by Crippen LogP contribution is -2.35. The van der Waals surface area contributed by atoms with Crippen LogP contribution in [0.3, 0.4) is 0 Å². The van der Waals surface area contributed by atoms with E-state index in [2.05, 4.69) is 16.5 Å². The minimum Gasteiger partial charge on any atom is -0.481 e. The van der Waals surface area contributed by atoms with Gasteiger partial charge in [0.15, 0.2) is 0 Å². The van der Waals surface area contributed by atoms with Gasteiger partial charge in [0, 0.05) is 25.2 Å². The third-order valence-corrected chi connectivity index (χ3v) is 4.23. The number of hydrogen-bond acceptors (Lipinski definition) is 3. The zero-order valence-corrected chi connectivity index (χ0v) is 11.1. The van der Waals surface area contributed by atoms with Crippen LogP contribution in [0, 0.1) is 0 Å². The van der Waals surface area contributed by atoms with Crippen LogP contribution in [-0.2, 0) is 17.8 Å². The fourth-order valence-corrected chi connectivity index (χ4v) is 3.22. The highest BCUT2D eigenvalue weighted by Gasteiger charge is 2.29. The Balaban J connectivity index is 1.75. The third-order valence-electron chi connectivity index (χ3n) is 4.23. The monoisotopic (exact) mass is 263 g/mol. The molecule has 3 rings (SSSR count). The summed E-state index contributed by atoms with van der Waals surface area (Å²) in [7, 11) is 0. The average molecular weight is 263 g/mol. The molecule has 0 aliphatic carbocycles. The second kappa shape index (κ2) is 5.33. The first-order chi connectivity index (χ1) is 9.24. The summed E-state index contributed by atoms with van der Waals surface area (Å²) >= 11 is 0. The summed E-state index contributed by atoms with van der Waals surface area (Å²) in [5.41, 5.74) is 1.04. The van der Waals surface area contributed by atoms with Gasteiger partial charge < -0.3 is 15.0 Å². The molecule has 2 atom stereocenters. The zero-order chi connectivity index (χ0) is 13.2. The van der Waals surface area contributed by atoms with Crippen molar-refractivity contribution in [1.82, 2.24) is 14.9 Å². The van der Waals surface area contributed by atoms with Crippen molar-refractivity contribution in [2.75, 3.05) is 6.54 Å². The molecular formula is C14H21N3O2. The number of nitrogens with zero attached hydrogens (tertiary/aromatic N) is 2. The number of nitrogens with one attached hydrogen (secondary N) is 1. The number of aliphatic carboxylic acids is 1. The Bertz CT molecular complexity index is 463. The van der Waals surface area contributed by atoms with Gasteiger partial charge in [0.2, 0.25) is 0 Å². The second-order valence-corrected chi connectivity index (χ2v) is 5.67. The lowest BCUT2D eigenvalue weighted by Gasteiger charge is -2.22. The van der Waals surface area contributed by atoms with Crippen LogP contribution in [-0.4, -0.2) is 33.2 Å². The summed E-state index contributed by atoms with van der Waals surface area (Å²) in [6, 6.07) is 0.508. The molecule has 5 nitrogen and oxygen atoms in total. The van der Waals surface area contributed by atoms with Crippen molar-refractivity contribution in [3.05, 3.63) is 17.7 Å². The number of imidazole rings is 1. The molecule has 0 saturated carbocycles. The summed E-state index contributed by atoms with van der Waals surface area (Å²) in [6.45, 7) is 2.00. The lowest BCUT2D eigenvalue weighted by atomic mass is 9.99. The molecule has 1 aromatic rings. The van der Waals surface area contributed by atoms with E-state index in [-0.39, 0.29) is 0 Å². The normalized spacial score (nSPS) is 26.9. The van der Waals surface area contributed by atoms with Crippen LogP contribution in [0.2, 0.25) is 0 Å². The number of aromatic nitrogens is 2. The van der Waals surface area contributed by atoms with Gasteiger partial charge in [-0.25, -0.2) is 4.98 Å². The Morgan fingerprint density at radius 1 is 1.42 bits per heavy atom. The number of carbonyl (C=O) groups is 1. The molecular weight excluding hydrogens is 242 g/mol. The van der Waals surface area contributed by atoms with Crippen molar-refractivity contribution in [2.24, 2.45) is 0 Å². The molecule has 0 aromatic carbocycles. The van der Waals surface area contributed by atoms with Gasteiger partial charge in [-0.2, -0.15) is 0 Å². The molecule has 5 heteroatoms. The van der Waals surface area contributed by atoms with Crippen LogP contribution in [0.4, 0.5) is 0 Å². The topological polar surface area (TPSA) is 67.2 Å². The van der Waals surface area contributed by atoms with Crippen LogP contribution < -0.4 is 5.32 Å². The van der Waals surface area contributed by atoms with E-state index in [1.54, 1.807) is 0 Å². The van der Waals surface area contributed by atoms with Gasteiger partial charge in [0.05, 0.1) is 5.69 Å². The summed E-state index contributed by atoms with van der Waals surface area (Å²) in [4.78, 5) is 15.8. The van der Waals surface area contributed by atoms with Gasteiger partial charge in [-0.05, 0) is 32.2 Å². The van der Waals surface area contributed by atoms with E-state index in [0.717, 1.165) is 37.4 Å². The number of piperidine rings is 1. The Morgan fingerprint density at radius 3 is 3.05 bits per heavy atom. The minimum absolute atomic E-state index is 0.415. The minimum atomic E-state index is -0.742. The lowest BCUT2D eigenvalue weighted by molar-refractivity contribution is -0.139. The predicted octanol–water partition coefficient (Wildman–Crippen LogP) is 1.53. The molecule has 1 aromatic heterocycles. The van der Waals surface area contributed by atoms with Crippen LogP contribution in [0.25, 0.3) is 0 Å². The van der Waals surface area contributed by atoms with Gasteiger partial charge >= 0.3 is 5.97 Å². The molecule has 1 saturated heterocycles. The molecule has 19 heavy (non-hydrogen) atoms. The largest absolute Gasteiger partial charge is 0.481 e. The second-order valence-electron chi connectivity index (χ2n) is 5.67. The van der Waals surface area contributed by atoms with E-state index in [1.165, 1.54) is 19.3 Å². The van der Waals surface area contributed by atoms with E-state index >= 15 is 0 Å². The number of carboxylic acids is 1. The van der Waals surface area contributed by atoms with E-state index in [9.17, 15) is 9.90 Å². The Hall–Kier alpha value is -1.36. The first-order valence-corrected chi connectivity index (χ1v) is 7.26. The summed E-state index contributed by atoms with van der Waals surface area (Å²) in [5.74, 6) is -0.403. The quantitative estimate of drug-likeness (QED) is 0.868. The highest BCUT2D eigenvalue weighted by Crippen LogP contribution is 2.27. The molecule has 104 valence electrons. The number of aryl methyl sites for hydroxylation is 1. The predicted molar refractivity (Wildman–Crippen MR) is 71.2 cm³/mol.